The third kappa shape index (κ3) is 6.83. The molecule has 0 saturated heterocycles. The molecule has 0 fully saturated rings. The lowest BCUT2D eigenvalue weighted by Gasteiger charge is -2.18. The van der Waals surface area contributed by atoms with E-state index in [0.29, 0.717) is 33.4 Å². The van der Waals surface area contributed by atoms with Gasteiger partial charge in [-0.1, -0.05) is 41.4 Å². The zero-order valence-corrected chi connectivity index (χ0v) is 21.8. The second kappa shape index (κ2) is 12.0. The van der Waals surface area contributed by atoms with Gasteiger partial charge in [0, 0.05) is 45.6 Å². The Morgan fingerprint density at radius 3 is 2.59 bits per heavy atom. The Morgan fingerprint density at radius 2 is 1.84 bits per heavy atom. The molecule has 9 heteroatoms. The summed E-state index contributed by atoms with van der Waals surface area (Å²) >= 11 is 12.1. The van der Waals surface area contributed by atoms with Gasteiger partial charge in [-0.05, 0) is 72.5 Å². The largest absolute Gasteiger partial charge is 0.508 e. The van der Waals surface area contributed by atoms with Crippen LogP contribution in [0.15, 0.2) is 60.7 Å². The number of aromatic amines is 1. The Morgan fingerprint density at radius 1 is 1.03 bits per heavy atom. The number of hydrogen-bond acceptors (Lipinski definition) is 5. The molecular formula is C28H29Cl2N3O4. The minimum Gasteiger partial charge on any atom is -0.508 e. The van der Waals surface area contributed by atoms with Gasteiger partial charge in [-0.15, -0.1) is 0 Å². The van der Waals surface area contributed by atoms with Crippen LogP contribution in [-0.4, -0.2) is 38.8 Å². The number of aliphatic hydroxyl groups excluding tert-OH is 2. The molecule has 3 aromatic carbocycles. The molecule has 2 unspecified atom stereocenters. The molecule has 194 valence electrons. The maximum Gasteiger partial charge on any atom is 0.267 e. The van der Waals surface area contributed by atoms with Gasteiger partial charge in [0.25, 0.3) is 5.91 Å². The molecule has 0 radical (unpaired) electrons. The summed E-state index contributed by atoms with van der Waals surface area (Å²) in [6, 6.07) is 17.8. The van der Waals surface area contributed by atoms with Crippen molar-refractivity contribution in [1.29, 1.82) is 0 Å². The van der Waals surface area contributed by atoms with Gasteiger partial charge in [-0.2, -0.15) is 0 Å². The molecule has 4 rings (SSSR count). The van der Waals surface area contributed by atoms with Crippen molar-refractivity contribution < 1.29 is 20.1 Å². The van der Waals surface area contributed by atoms with Crippen molar-refractivity contribution in [2.45, 2.75) is 38.6 Å². The van der Waals surface area contributed by atoms with E-state index in [2.05, 4.69) is 15.6 Å². The first kappa shape index (κ1) is 27.0. The SMILES string of the molecule is CC(Cc1ccc2[nH]c(C(=O)NCc3ccc(Cl)cc3Cl)cc2c1)NCC(O)c1ccc(O)c(CO)c1. The normalized spacial score (nSPS) is 13.0. The van der Waals surface area contributed by atoms with Gasteiger partial charge in [-0.3, -0.25) is 4.79 Å². The van der Waals surface area contributed by atoms with E-state index in [0.717, 1.165) is 28.5 Å². The Labute approximate surface area is 225 Å². The Kier molecular flexibility index (Phi) is 8.74. The molecule has 7 nitrogen and oxygen atoms in total. The van der Waals surface area contributed by atoms with Gasteiger partial charge in [0.05, 0.1) is 12.7 Å². The van der Waals surface area contributed by atoms with Crippen molar-refractivity contribution >= 4 is 40.0 Å². The number of aromatic hydroxyl groups is 1. The second-order valence-electron chi connectivity index (χ2n) is 9.10. The number of aliphatic hydroxyl groups is 2. The number of aromatic nitrogens is 1. The highest BCUT2D eigenvalue weighted by Crippen LogP contribution is 2.23. The number of phenols is 1. The van der Waals surface area contributed by atoms with E-state index in [9.17, 15) is 20.1 Å². The molecule has 2 atom stereocenters. The maximum absolute atomic E-state index is 12.7. The van der Waals surface area contributed by atoms with E-state index in [-0.39, 0.29) is 30.9 Å². The molecule has 37 heavy (non-hydrogen) atoms. The Bertz CT molecular complexity index is 1410. The fourth-order valence-electron chi connectivity index (χ4n) is 4.16. The topological polar surface area (TPSA) is 118 Å². The first-order chi connectivity index (χ1) is 17.7. The van der Waals surface area contributed by atoms with Crippen LogP contribution < -0.4 is 10.6 Å². The first-order valence-corrected chi connectivity index (χ1v) is 12.7. The highest BCUT2D eigenvalue weighted by molar-refractivity contribution is 6.35. The summed E-state index contributed by atoms with van der Waals surface area (Å²) in [7, 11) is 0. The van der Waals surface area contributed by atoms with E-state index in [1.54, 1.807) is 30.3 Å². The van der Waals surface area contributed by atoms with Crippen molar-refractivity contribution in [3.8, 4) is 5.75 Å². The molecular weight excluding hydrogens is 513 g/mol. The predicted molar refractivity (Wildman–Crippen MR) is 146 cm³/mol. The molecule has 4 aromatic rings. The number of H-pyrrole nitrogens is 1. The number of fused-ring (bicyclic) bond motifs is 1. The fraction of sp³-hybridized carbons (Fsp3) is 0.250. The van der Waals surface area contributed by atoms with Crippen LogP contribution in [0.4, 0.5) is 0 Å². The number of carbonyl (C=O) groups excluding carboxylic acids is 1. The lowest BCUT2D eigenvalue weighted by molar-refractivity contribution is 0.0946. The van der Waals surface area contributed by atoms with Gasteiger partial charge < -0.3 is 30.9 Å². The summed E-state index contributed by atoms with van der Waals surface area (Å²) in [5, 5.41) is 37.7. The summed E-state index contributed by atoms with van der Waals surface area (Å²) in [4.78, 5) is 15.8. The third-order valence-electron chi connectivity index (χ3n) is 6.24. The Balaban J connectivity index is 1.33. The maximum atomic E-state index is 12.7. The van der Waals surface area contributed by atoms with E-state index < -0.39 is 6.10 Å². The number of amides is 1. The minimum absolute atomic E-state index is 0.00604. The van der Waals surface area contributed by atoms with E-state index in [4.69, 9.17) is 23.2 Å². The smallest absolute Gasteiger partial charge is 0.267 e. The predicted octanol–water partition coefficient (Wildman–Crippen LogP) is 4.86. The third-order valence-corrected chi connectivity index (χ3v) is 6.83. The molecule has 1 heterocycles. The molecule has 0 spiro atoms. The van der Waals surface area contributed by atoms with Gasteiger partial charge in [0.2, 0.25) is 0 Å². The number of carbonyl (C=O) groups is 1. The van der Waals surface area contributed by atoms with E-state index in [1.807, 2.05) is 31.2 Å². The average Bonchev–Trinajstić information content (AvgIpc) is 3.30. The number of halogens is 2. The first-order valence-electron chi connectivity index (χ1n) is 11.9. The lowest BCUT2D eigenvalue weighted by atomic mass is 10.0. The van der Waals surface area contributed by atoms with Crippen LogP contribution in [0, 0.1) is 0 Å². The molecule has 0 aliphatic rings. The zero-order valence-electron chi connectivity index (χ0n) is 20.3. The molecule has 0 saturated carbocycles. The summed E-state index contributed by atoms with van der Waals surface area (Å²) in [5.41, 5.74) is 4.20. The minimum atomic E-state index is -0.774. The van der Waals surface area contributed by atoms with Crippen LogP contribution in [0.1, 0.15) is 45.8 Å². The van der Waals surface area contributed by atoms with Crippen molar-refractivity contribution in [3.63, 3.8) is 0 Å². The van der Waals surface area contributed by atoms with Crippen LogP contribution in [0.5, 0.6) is 5.75 Å². The van der Waals surface area contributed by atoms with Crippen molar-refractivity contribution in [2.24, 2.45) is 0 Å². The van der Waals surface area contributed by atoms with Gasteiger partial charge in [0.15, 0.2) is 0 Å². The average molecular weight is 542 g/mol. The molecule has 6 N–H and O–H groups in total. The fourth-order valence-corrected chi connectivity index (χ4v) is 4.64. The molecule has 1 aromatic heterocycles. The summed E-state index contributed by atoms with van der Waals surface area (Å²) in [6.45, 7) is 2.35. The molecule has 0 bridgehead atoms. The van der Waals surface area contributed by atoms with Crippen molar-refractivity contribution in [2.75, 3.05) is 6.54 Å². The van der Waals surface area contributed by atoms with E-state index >= 15 is 0 Å². The van der Waals surface area contributed by atoms with Crippen molar-refractivity contribution in [1.82, 2.24) is 15.6 Å². The highest BCUT2D eigenvalue weighted by atomic mass is 35.5. The van der Waals surface area contributed by atoms with Crippen molar-refractivity contribution in [3.05, 3.63) is 98.7 Å². The van der Waals surface area contributed by atoms with Crippen LogP contribution in [0.2, 0.25) is 10.0 Å². The number of nitrogens with one attached hydrogen (secondary N) is 3. The van der Waals surface area contributed by atoms with Crippen LogP contribution in [-0.2, 0) is 19.6 Å². The van der Waals surface area contributed by atoms with Gasteiger partial charge in [0.1, 0.15) is 11.4 Å². The molecule has 0 aliphatic heterocycles. The van der Waals surface area contributed by atoms with E-state index in [1.165, 1.54) is 6.07 Å². The monoisotopic (exact) mass is 541 g/mol. The quantitative estimate of drug-likeness (QED) is 0.171. The summed E-state index contributed by atoms with van der Waals surface area (Å²) in [6.07, 6.45) is -0.0497. The van der Waals surface area contributed by atoms with Gasteiger partial charge >= 0.3 is 0 Å². The lowest BCUT2D eigenvalue weighted by Crippen LogP contribution is -2.32. The number of benzene rings is 3. The summed E-state index contributed by atoms with van der Waals surface area (Å²) < 4.78 is 0. The Hall–Kier alpha value is -3.07. The van der Waals surface area contributed by atoms with Gasteiger partial charge in [-0.25, -0.2) is 0 Å². The zero-order chi connectivity index (χ0) is 26.5. The molecule has 0 aliphatic carbocycles. The highest BCUT2D eigenvalue weighted by Gasteiger charge is 2.14. The standard InChI is InChI=1S/C28H29Cl2N3O4/c1-16(31-14-27(36)18-4-7-26(35)21(10-18)15-34)8-17-2-6-24-20(9-17)11-25(33-24)28(37)32-13-19-3-5-22(29)12-23(19)30/h2-7,9-12,16,27,31,33-36H,8,13-15H2,1H3,(H,32,37). The summed E-state index contributed by atoms with van der Waals surface area (Å²) in [5.74, 6) is -0.224. The van der Waals surface area contributed by atoms with Crippen LogP contribution in [0.25, 0.3) is 10.9 Å². The number of hydrogen-bond donors (Lipinski definition) is 6. The van der Waals surface area contributed by atoms with Crippen LogP contribution in [0.3, 0.4) is 0 Å². The molecule has 1 amide bonds. The van der Waals surface area contributed by atoms with Crippen LogP contribution >= 0.6 is 23.2 Å². The number of rotatable bonds is 10. The second-order valence-corrected chi connectivity index (χ2v) is 9.94.